The van der Waals surface area contributed by atoms with Crippen LogP contribution in [-0.4, -0.2) is 28.9 Å². The van der Waals surface area contributed by atoms with Gasteiger partial charge in [0.05, 0.1) is 5.69 Å². The summed E-state index contributed by atoms with van der Waals surface area (Å²) in [6, 6.07) is 10.0. The van der Waals surface area contributed by atoms with Crippen LogP contribution in [0.1, 0.15) is 62.6 Å². The number of nitrogens with zero attached hydrogens (tertiary/aromatic N) is 2. The van der Waals surface area contributed by atoms with Crippen LogP contribution in [0.2, 0.25) is 0 Å². The molecule has 0 N–H and O–H groups in total. The van der Waals surface area contributed by atoms with Crippen molar-refractivity contribution in [2.45, 2.75) is 51.9 Å². The minimum absolute atomic E-state index is 0.0620. The number of furan rings is 1. The van der Waals surface area contributed by atoms with Gasteiger partial charge in [-0.25, -0.2) is 9.37 Å². The summed E-state index contributed by atoms with van der Waals surface area (Å²) in [6.07, 6.45) is 4.40. The number of carbonyl (C=O) groups is 1. The van der Waals surface area contributed by atoms with Crippen molar-refractivity contribution in [3.8, 4) is 11.3 Å². The van der Waals surface area contributed by atoms with Crippen molar-refractivity contribution < 1.29 is 13.6 Å². The van der Waals surface area contributed by atoms with Crippen molar-refractivity contribution >= 4 is 17.0 Å². The Balaban J connectivity index is 1.80. The standard InChI is InChI=1S/C24H27FN2O2/c1-24(2,3)18-14-19(16-8-10-17(25)11-9-16)26-20-15-21(29-22(18)20)23(28)27-12-6-4-5-7-13-27/h8-11,14-15H,4-7,12-13H2,1-3H3. The summed E-state index contributed by atoms with van der Waals surface area (Å²) >= 11 is 0. The predicted octanol–water partition coefficient (Wildman–Crippen LogP) is 5.95. The molecule has 152 valence electrons. The maximum absolute atomic E-state index is 13.3. The van der Waals surface area contributed by atoms with Gasteiger partial charge >= 0.3 is 0 Å². The minimum atomic E-state index is -0.278. The Kier molecular flexibility index (Phi) is 5.15. The Morgan fingerprint density at radius 2 is 1.69 bits per heavy atom. The number of fused-ring (bicyclic) bond motifs is 1. The van der Waals surface area contributed by atoms with Crippen LogP contribution < -0.4 is 0 Å². The second-order valence-electron chi connectivity index (χ2n) is 8.84. The van der Waals surface area contributed by atoms with Crippen molar-refractivity contribution in [1.29, 1.82) is 0 Å². The number of hydrogen-bond acceptors (Lipinski definition) is 3. The van der Waals surface area contributed by atoms with Crippen LogP contribution in [0.15, 0.2) is 40.8 Å². The molecule has 0 saturated carbocycles. The van der Waals surface area contributed by atoms with Gasteiger partial charge in [-0.3, -0.25) is 4.79 Å². The molecule has 3 heterocycles. The molecule has 1 aliphatic rings. The molecule has 4 nitrogen and oxygen atoms in total. The van der Waals surface area contributed by atoms with Gasteiger partial charge in [-0.05, 0) is 48.6 Å². The van der Waals surface area contributed by atoms with Gasteiger partial charge < -0.3 is 9.32 Å². The second-order valence-corrected chi connectivity index (χ2v) is 8.84. The summed E-state index contributed by atoms with van der Waals surface area (Å²) in [4.78, 5) is 19.7. The van der Waals surface area contributed by atoms with E-state index in [1.165, 1.54) is 25.0 Å². The number of carbonyl (C=O) groups excluding carboxylic acids is 1. The van der Waals surface area contributed by atoms with Crippen LogP contribution >= 0.6 is 0 Å². The largest absolute Gasteiger partial charge is 0.449 e. The molecule has 3 aromatic rings. The van der Waals surface area contributed by atoms with Crippen molar-refractivity contribution in [3.63, 3.8) is 0 Å². The number of rotatable bonds is 2. The number of amides is 1. The molecule has 2 aromatic heterocycles. The fourth-order valence-corrected chi connectivity index (χ4v) is 3.88. The third-order valence-electron chi connectivity index (χ3n) is 5.53. The lowest BCUT2D eigenvalue weighted by Crippen LogP contribution is -2.31. The zero-order chi connectivity index (χ0) is 20.6. The van der Waals surface area contributed by atoms with Crippen LogP contribution in [0.5, 0.6) is 0 Å². The molecule has 0 radical (unpaired) electrons. The summed E-state index contributed by atoms with van der Waals surface area (Å²) in [6.45, 7) is 7.87. The van der Waals surface area contributed by atoms with E-state index in [4.69, 9.17) is 9.40 Å². The summed E-state index contributed by atoms with van der Waals surface area (Å²) < 4.78 is 19.4. The van der Waals surface area contributed by atoms with Gasteiger partial charge in [0.1, 0.15) is 11.3 Å². The van der Waals surface area contributed by atoms with Gasteiger partial charge in [0.25, 0.3) is 5.91 Å². The van der Waals surface area contributed by atoms with E-state index in [0.29, 0.717) is 16.9 Å². The normalized spacial score (nSPS) is 15.5. The van der Waals surface area contributed by atoms with E-state index in [1.807, 2.05) is 11.0 Å². The van der Waals surface area contributed by atoms with E-state index in [2.05, 4.69) is 20.8 Å². The Bertz CT molecular complexity index is 1020. The SMILES string of the molecule is CC(C)(C)c1cc(-c2ccc(F)cc2)nc2cc(C(=O)N3CCCCCC3)oc12. The fourth-order valence-electron chi connectivity index (χ4n) is 3.88. The highest BCUT2D eigenvalue weighted by atomic mass is 19.1. The summed E-state index contributed by atoms with van der Waals surface area (Å²) in [7, 11) is 0. The monoisotopic (exact) mass is 394 g/mol. The van der Waals surface area contributed by atoms with Crippen LogP contribution in [0.25, 0.3) is 22.4 Å². The highest BCUT2D eigenvalue weighted by molar-refractivity contribution is 5.96. The van der Waals surface area contributed by atoms with E-state index in [-0.39, 0.29) is 17.1 Å². The third kappa shape index (κ3) is 4.04. The summed E-state index contributed by atoms with van der Waals surface area (Å²) in [5.74, 6) is 0.00349. The van der Waals surface area contributed by atoms with Crippen LogP contribution in [0.4, 0.5) is 4.39 Å². The lowest BCUT2D eigenvalue weighted by molar-refractivity contribution is 0.0732. The zero-order valence-electron chi connectivity index (χ0n) is 17.3. The highest BCUT2D eigenvalue weighted by Crippen LogP contribution is 2.35. The number of benzene rings is 1. The van der Waals surface area contributed by atoms with Crippen LogP contribution in [0.3, 0.4) is 0 Å². The minimum Gasteiger partial charge on any atom is -0.449 e. The number of aromatic nitrogens is 1. The molecule has 1 aromatic carbocycles. The molecule has 1 fully saturated rings. The van der Waals surface area contributed by atoms with Crippen molar-refractivity contribution in [2.24, 2.45) is 0 Å². The maximum Gasteiger partial charge on any atom is 0.289 e. The van der Waals surface area contributed by atoms with Gasteiger partial charge in [0.2, 0.25) is 0 Å². The van der Waals surface area contributed by atoms with Gasteiger partial charge in [0.15, 0.2) is 11.3 Å². The number of hydrogen-bond donors (Lipinski definition) is 0. The number of likely N-dealkylation sites (tertiary alicyclic amines) is 1. The molecule has 1 amide bonds. The van der Waals surface area contributed by atoms with Crippen LogP contribution in [-0.2, 0) is 5.41 Å². The van der Waals surface area contributed by atoms with Crippen molar-refractivity contribution in [1.82, 2.24) is 9.88 Å². The van der Waals surface area contributed by atoms with E-state index < -0.39 is 0 Å². The molecule has 0 atom stereocenters. The average Bonchev–Trinajstić information content (AvgIpc) is 2.92. The molecular formula is C24H27FN2O2. The quantitative estimate of drug-likeness (QED) is 0.540. The Morgan fingerprint density at radius 1 is 1.03 bits per heavy atom. The van der Waals surface area contributed by atoms with E-state index in [9.17, 15) is 9.18 Å². The number of pyridine rings is 1. The van der Waals surface area contributed by atoms with Crippen molar-refractivity contribution in [2.75, 3.05) is 13.1 Å². The third-order valence-corrected chi connectivity index (χ3v) is 5.53. The van der Waals surface area contributed by atoms with E-state index in [0.717, 1.165) is 42.8 Å². The van der Waals surface area contributed by atoms with Crippen LogP contribution in [0, 0.1) is 5.82 Å². The molecule has 0 spiro atoms. The summed E-state index contributed by atoms with van der Waals surface area (Å²) in [5.41, 5.74) is 3.68. The first-order chi connectivity index (χ1) is 13.8. The maximum atomic E-state index is 13.3. The lowest BCUT2D eigenvalue weighted by atomic mass is 9.86. The van der Waals surface area contributed by atoms with E-state index >= 15 is 0 Å². The second kappa shape index (κ2) is 7.62. The Labute approximate surface area is 170 Å². The Hall–Kier alpha value is -2.69. The molecule has 0 unspecified atom stereocenters. The molecule has 29 heavy (non-hydrogen) atoms. The van der Waals surface area contributed by atoms with Gasteiger partial charge in [-0.15, -0.1) is 0 Å². The molecule has 1 aliphatic heterocycles. The van der Waals surface area contributed by atoms with E-state index in [1.54, 1.807) is 18.2 Å². The molecule has 0 bridgehead atoms. The number of halogens is 1. The van der Waals surface area contributed by atoms with Gasteiger partial charge in [0, 0.05) is 30.3 Å². The zero-order valence-corrected chi connectivity index (χ0v) is 17.3. The predicted molar refractivity (Wildman–Crippen MR) is 112 cm³/mol. The Morgan fingerprint density at radius 3 is 2.31 bits per heavy atom. The smallest absolute Gasteiger partial charge is 0.289 e. The highest BCUT2D eigenvalue weighted by Gasteiger charge is 2.26. The topological polar surface area (TPSA) is 46.3 Å². The molecule has 4 rings (SSSR count). The molecular weight excluding hydrogens is 367 g/mol. The first kappa shape index (κ1) is 19.6. The average molecular weight is 394 g/mol. The van der Waals surface area contributed by atoms with Crippen molar-refractivity contribution in [3.05, 3.63) is 53.5 Å². The molecule has 1 saturated heterocycles. The summed E-state index contributed by atoms with van der Waals surface area (Å²) in [5, 5.41) is 0. The molecule has 0 aliphatic carbocycles. The fraction of sp³-hybridized carbons (Fsp3) is 0.417. The molecule has 5 heteroatoms. The van der Waals surface area contributed by atoms with Gasteiger partial charge in [-0.1, -0.05) is 33.6 Å². The lowest BCUT2D eigenvalue weighted by Gasteiger charge is -2.20. The van der Waals surface area contributed by atoms with Gasteiger partial charge in [-0.2, -0.15) is 0 Å². The first-order valence-electron chi connectivity index (χ1n) is 10.3. The first-order valence-corrected chi connectivity index (χ1v) is 10.3.